The average Bonchev–Trinajstić information content (AvgIpc) is 2.77. The summed E-state index contributed by atoms with van der Waals surface area (Å²) in [4.78, 5) is 38.3. The quantitative estimate of drug-likeness (QED) is 0.182. The smallest absolute Gasteiger partial charge is 0.332 e. The first-order valence-electron chi connectivity index (χ1n) is 9.80. The molecule has 30 heavy (non-hydrogen) atoms. The van der Waals surface area contributed by atoms with Gasteiger partial charge in [0.15, 0.2) is 5.84 Å². The fraction of sp³-hybridized carbons (Fsp3) is 0.500. The number of nitrogens with zero attached hydrogens (tertiary/aromatic N) is 2. The normalized spacial score (nSPS) is 16.1. The molecule has 1 fully saturated rings. The maximum absolute atomic E-state index is 12.6. The third-order valence-corrected chi connectivity index (χ3v) is 4.74. The minimum absolute atomic E-state index is 0.0579. The number of amides is 2. The lowest BCUT2D eigenvalue weighted by molar-refractivity contribution is -0.157. The van der Waals surface area contributed by atoms with Crippen LogP contribution in [0.25, 0.3) is 0 Å². The number of esters is 1. The fourth-order valence-electron chi connectivity index (χ4n) is 3.07. The first-order chi connectivity index (χ1) is 14.3. The molecule has 1 heterocycles. The first-order valence-corrected chi connectivity index (χ1v) is 9.80. The van der Waals surface area contributed by atoms with Crippen molar-refractivity contribution in [3.05, 3.63) is 35.4 Å². The number of ether oxygens (including phenoxy) is 2. The van der Waals surface area contributed by atoms with Crippen molar-refractivity contribution >= 4 is 23.6 Å². The van der Waals surface area contributed by atoms with Crippen LogP contribution in [0.1, 0.15) is 42.6 Å². The first kappa shape index (κ1) is 23.1. The van der Waals surface area contributed by atoms with E-state index in [1.807, 2.05) is 0 Å². The van der Waals surface area contributed by atoms with Gasteiger partial charge in [-0.3, -0.25) is 9.59 Å². The van der Waals surface area contributed by atoms with E-state index < -0.39 is 17.9 Å². The molecule has 164 valence electrons. The summed E-state index contributed by atoms with van der Waals surface area (Å²) >= 11 is 0. The predicted octanol–water partition coefficient (Wildman–Crippen LogP) is 0.470. The van der Waals surface area contributed by atoms with E-state index >= 15 is 0 Å². The number of rotatable bonds is 8. The Morgan fingerprint density at radius 2 is 1.83 bits per heavy atom. The van der Waals surface area contributed by atoms with Gasteiger partial charge in [0.1, 0.15) is 18.8 Å². The molecule has 0 bridgehead atoms. The second kappa shape index (κ2) is 11.1. The molecule has 1 saturated heterocycles. The Kier molecular flexibility index (Phi) is 8.60. The highest BCUT2D eigenvalue weighted by Crippen LogP contribution is 2.15. The van der Waals surface area contributed by atoms with E-state index in [1.165, 1.54) is 12.1 Å². The lowest BCUT2D eigenvalue weighted by Crippen LogP contribution is -2.50. The molecule has 10 heteroatoms. The third-order valence-electron chi connectivity index (χ3n) is 4.74. The number of carbonyl (C=O) groups is 3. The van der Waals surface area contributed by atoms with Crippen molar-refractivity contribution in [1.82, 2.24) is 10.2 Å². The van der Waals surface area contributed by atoms with E-state index in [0.717, 1.165) is 0 Å². The molecular formula is C20H28N4O6. The van der Waals surface area contributed by atoms with Gasteiger partial charge in [-0.1, -0.05) is 17.3 Å². The number of amidine groups is 1. The van der Waals surface area contributed by atoms with Gasteiger partial charge in [-0.05, 0) is 26.0 Å². The molecule has 2 rings (SSSR count). The molecule has 1 aliphatic rings. The van der Waals surface area contributed by atoms with E-state index in [4.69, 9.17) is 20.4 Å². The standard InChI is InChI=1S/C20H28N4O6/c1-3-29-12-17(25)30-16-8-10-24(11-9-16)20(27)13(2)22-19(26)15-6-4-14(5-7-15)18(21)23-28/h4-7,13,16,28H,3,8-12H2,1-2H3,(H2,21,23)(H,22,26). The van der Waals surface area contributed by atoms with Gasteiger partial charge in [-0.15, -0.1) is 0 Å². The van der Waals surface area contributed by atoms with Crippen molar-refractivity contribution in [2.75, 3.05) is 26.3 Å². The molecule has 0 aliphatic carbocycles. The predicted molar refractivity (Wildman–Crippen MR) is 108 cm³/mol. The van der Waals surface area contributed by atoms with E-state index in [0.29, 0.717) is 43.7 Å². The molecule has 1 unspecified atom stereocenters. The molecule has 10 nitrogen and oxygen atoms in total. The van der Waals surface area contributed by atoms with E-state index in [-0.39, 0.29) is 24.5 Å². The Labute approximate surface area is 175 Å². The zero-order valence-corrected chi connectivity index (χ0v) is 17.2. The van der Waals surface area contributed by atoms with Crippen molar-refractivity contribution in [1.29, 1.82) is 0 Å². The molecule has 0 aromatic heterocycles. The molecular weight excluding hydrogens is 392 g/mol. The topological polar surface area (TPSA) is 144 Å². The van der Waals surface area contributed by atoms with Crippen LogP contribution in [0.15, 0.2) is 29.4 Å². The second-order valence-electron chi connectivity index (χ2n) is 6.91. The lowest BCUT2D eigenvalue weighted by atomic mass is 10.1. The van der Waals surface area contributed by atoms with Crippen LogP contribution in [-0.2, 0) is 19.1 Å². The Balaban J connectivity index is 1.82. The Morgan fingerprint density at radius 3 is 2.40 bits per heavy atom. The van der Waals surface area contributed by atoms with Crippen molar-refractivity contribution in [3.63, 3.8) is 0 Å². The summed E-state index contributed by atoms with van der Waals surface area (Å²) in [6, 6.07) is 5.45. The fourth-order valence-corrected chi connectivity index (χ4v) is 3.07. The molecule has 1 atom stereocenters. The molecule has 0 saturated carbocycles. The van der Waals surface area contributed by atoms with Crippen LogP contribution >= 0.6 is 0 Å². The maximum atomic E-state index is 12.6. The zero-order valence-electron chi connectivity index (χ0n) is 17.2. The summed E-state index contributed by atoms with van der Waals surface area (Å²) in [7, 11) is 0. The summed E-state index contributed by atoms with van der Waals surface area (Å²) in [5, 5.41) is 14.3. The summed E-state index contributed by atoms with van der Waals surface area (Å²) in [5.41, 5.74) is 6.32. The number of hydrogen-bond donors (Lipinski definition) is 3. The molecule has 1 aliphatic heterocycles. The molecule has 2 amide bonds. The summed E-state index contributed by atoms with van der Waals surface area (Å²) in [6.07, 6.45) is 0.847. The molecule has 0 spiro atoms. The van der Waals surface area contributed by atoms with Gasteiger partial charge in [0, 0.05) is 43.7 Å². The summed E-state index contributed by atoms with van der Waals surface area (Å²) in [6.45, 7) is 4.69. The van der Waals surface area contributed by atoms with Crippen molar-refractivity contribution in [2.24, 2.45) is 10.9 Å². The minimum atomic E-state index is -0.710. The average molecular weight is 420 g/mol. The number of nitrogens with two attached hydrogens (primary N) is 1. The van der Waals surface area contributed by atoms with E-state index in [2.05, 4.69) is 10.5 Å². The van der Waals surface area contributed by atoms with Gasteiger partial charge >= 0.3 is 5.97 Å². The molecule has 4 N–H and O–H groups in total. The molecule has 1 aromatic rings. The number of piperidine rings is 1. The Hall–Kier alpha value is -3.14. The van der Waals surface area contributed by atoms with Gasteiger partial charge in [-0.25, -0.2) is 4.79 Å². The van der Waals surface area contributed by atoms with Crippen LogP contribution in [-0.4, -0.2) is 72.2 Å². The van der Waals surface area contributed by atoms with Crippen LogP contribution in [0.2, 0.25) is 0 Å². The molecule has 1 aromatic carbocycles. The SMILES string of the molecule is CCOCC(=O)OC1CCN(C(=O)C(C)NC(=O)c2ccc(C(N)=NO)cc2)CC1. The third kappa shape index (κ3) is 6.45. The number of hydrogen-bond acceptors (Lipinski definition) is 7. The van der Waals surface area contributed by atoms with Gasteiger partial charge < -0.3 is 30.6 Å². The highest BCUT2D eigenvalue weighted by Gasteiger charge is 2.28. The number of oxime groups is 1. The number of benzene rings is 1. The van der Waals surface area contributed by atoms with Gasteiger partial charge in [0.05, 0.1) is 0 Å². The second-order valence-corrected chi connectivity index (χ2v) is 6.91. The van der Waals surface area contributed by atoms with Gasteiger partial charge in [0.2, 0.25) is 5.91 Å². The molecule has 0 radical (unpaired) electrons. The Morgan fingerprint density at radius 1 is 1.23 bits per heavy atom. The number of nitrogens with one attached hydrogen (secondary N) is 1. The van der Waals surface area contributed by atoms with Crippen molar-refractivity contribution in [3.8, 4) is 0 Å². The maximum Gasteiger partial charge on any atom is 0.332 e. The zero-order chi connectivity index (χ0) is 22.1. The largest absolute Gasteiger partial charge is 0.461 e. The van der Waals surface area contributed by atoms with E-state index in [9.17, 15) is 14.4 Å². The van der Waals surface area contributed by atoms with Crippen molar-refractivity contribution < 1.29 is 29.1 Å². The van der Waals surface area contributed by atoms with Crippen LogP contribution in [0.5, 0.6) is 0 Å². The van der Waals surface area contributed by atoms with Gasteiger partial charge in [0.25, 0.3) is 5.91 Å². The van der Waals surface area contributed by atoms with Crippen LogP contribution < -0.4 is 11.1 Å². The summed E-state index contributed by atoms with van der Waals surface area (Å²) in [5.74, 6) is -1.06. The van der Waals surface area contributed by atoms with Crippen LogP contribution in [0.3, 0.4) is 0 Å². The minimum Gasteiger partial charge on any atom is -0.461 e. The van der Waals surface area contributed by atoms with Gasteiger partial charge in [-0.2, -0.15) is 0 Å². The highest BCUT2D eigenvalue weighted by molar-refractivity contribution is 6.00. The highest BCUT2D eigenvalue weighted by atomic mass is 16.6. The number of likely N-dealkylation sites (tertiary alicyclic amines) is 1. The van der Waals surface area contributed by atoms with Crippen LogP contribution in [0.4, 0.5) is 0 Å². The Bertz CT molecular complexity index is 772. The monoisotopic (exact) mass is 420 g/mol. The van der Waals surface area contributed by atoms with E-state index in [1.54, 1.807) is 30.9 Å². The van der Waals surface area contributed by atoms with Crippen LogP contribution in [0, 0.1) is 0 Å². The summed E-state index contributed by atoms with van der Waals surface area (Å²) < 4.78 is 10.4. The van der Waals surface area contributed by atoms with Crippen molar-refractivity contribution in [2.45, 2.75) is 38.8 Å². The number of carbonyl (C=O) groups excluding carboxylic acids is 3. The lowest BCUT2D eigenvalue weighted by Gasteiger charge is -2.33.